The fourth-order valence-electron chi connectivity index (χ4n) is 4.84. The summed E-state index contributed by atoms with van der Waals surface area (Å²) < 4.78 is 11.3. The van der Waals surface area contributed by atoms with E-state index in [4.69, 9.17) is 9.47 Å². The second-order valence-electron chi connectivity index (χ2n) is 9.09. The first-order valence-corrected chi connectivity index (χ1v) is 11.1. The van der Waals surface area contributed by atoms with Crippen LogP contribution in [0.25, 0.3) is 6.08 Å². The van der Waals surface area contributed by atoms with Crippen LogP contribution in [0.15, 0.2) is 60.7 Å². The molecule has 0 amide bonds. The van der Waals surface area contributed by atoms with Crippen molar-refractivity contribution < 1.29 is 14.3 Å². The predicted molar refractivity (Wildman–Crippen MR) is 130 cm³/mol. The number of carbonyl (C=O) groups excluding carboxylic acids is 1. The topological polar surface area (TPSA) is 42.0 Å². The van der Waals surface area contributed by atoms with E-state index in [0.717, 1.165) is 17.7 Å². The number of anilines is 2. The Kier molecular flexibility index (Phi) is 6.11. The fourth-order valence-corrected chi connectivity index (χ4v) is 4.84. The largest absolute Gasteiger partial charge is 0.468 e. The normalized spacial score (nSPS) is 21.2. The van der Waals surface area contributed by atoms with Gasteiger partial charge in [-0.1, -0.05) is 56.3 Å². The minimum Gasteiger partial charge on any atom is -0.468 e. The molecule has 4 rings (SSSR count). The van der Waals surface area contributed by atoms with Crippen LogP contribution >= 0.6 is 0 Å². The number of rotatable bonds is 8. The number of fused-ring (bicyclic) bond motifs is 3. The van der Waals surface area contributed by atoms with Crippen LogP contribution < -0.4 is 9.80 Å². The minimum atomic E-state index is -0.508. The molecule has 1 saturated heterocycles. The molecule has 0 spiro atoms. The maximum Gasteiger partial charge on any atom is 0.293 e. The summed E-state index contributed by atoms with van der Waals surface area (Å²) in [5.74, 6) is 0. The van der Waals surface area contributed by atoms with Crippen molar-refractivity contribution in [1.82, 2.24) is 0 Å². The van der Waals surface area contributed by atoms with Crippen LogP contribution in [0.5, 0.6) is 0 Å². The van der Waals surface area contributed by atoms with Crippen molar-refractivity contribution in [2.24, 2.45) is 0 Å². The van der Waals surface area contributed by atoms with Crippen molar-refractivity contribution >= 4 is 23.9 Å². The van der Waals surface area contributed by atoms with Gasteiger partial charge in [-0.3, -0.25) is 4.79 Å². The first-order valence-electron chi connectivity index (χ1n) is 11.1. The molecule has 1 unspecified atom stereocenters. The van der Waals surface area contributed by atoms with Gasteiger partial charge in [-0.25, -0.2) is 0 Å². The number of carbonyl (C=O) groups is 1. The van der Waals surface area contributed by atoms with Crippen LogP contribution in [-0.2, 0) is 26.1 Å². The molecular formula is C27H32N2O3. The van der Waals surface area contributed by atoms with Crippen molar-refractivity contribution in [3.8, 4) is 0 Å². The Morgan fingerprint density at radius 1 is 1.12 bits per heavy atom. The Hall–Kier alpha value is -3.05. The first kappa shape index (κ1) is 22.2. The van der Waals surface area contributed by atoms with Gasteiger partial charge in [0.2, 0.25) is 0 Å². The molecule has 0 aliphatic carbocycles. The Bertz CT molecular complexity index is 1020. The van der Waals surface area contributed by atoms with Gasteiger partial charge in [0.15, 0.2) is 5.72 Å². The molecule has 0 bridgehead atoms. The van der Waals surface area contributed by atoms with Gasteiger partial charge in [-0.05, 0) is 41.0 Å². The van der Waals surface area contributed by atoms with Crippen LogP contribution in [0.3, 0.4) is 0 Å². The van der Waals surface area contributed by atoms with Crippen LogP contribution in [-0.4, -0.2) is 46.1 Å². The molecule has 5 heteroatoms. The predicted octanol–water partition coefficient (Wildman–Crippen LogP) is 4.56. The zero-order valence-corrected chi connectivity index (χ0v) is 19.4. The number of allylic oxidation sites excluding steroid dienone is 2. The lowest BCUT2D eigenvalue weighted by molar-refractivity contribution is -0.128. The molecule has 0 aromatic heterocycles. The Morgan fingerprint density at radius 2 is 1.91 bits per heavy atom. The molecule has 2 aliphatic heterocycles. The van der Waals surface area contributed by atoms with Gasteiger partial charge in [0.1, 0.15) is 0 Å². The van der Waals surface area contributed by atoms with E-state index in [9.17, 15) is 4.79 Å². The summed E-state index contributed by atoms with van der Waals surface area (Å²) in [6.07, 6.45) is 9.20. The standard InChI is InChI=1S/C27H32N2O3/c1-26(2)24-13-10-22(14-17-31-20-30)19-25(24)29-16-18-32-27(26,29)15-6-5-7-21-8-11-23(12-9-21)28(3)4/h5-13,15,19-20H,14,16-18H2,1-4H3/b7-5+,15-6+. The summed E-state index contributed by atoms with van der Waals surface area (Å²) in [6, 6.07) is 15.0. The molecule has 0 saturated carbocycles. The monoisotopic (exact) mass is 432 g/mol. The van der Waals surface area contributed by atoms with E-state index in [1.54, 1.807) is 0 Å². The molecule has 168 valence electrons. The average molecular weight is 433 g/mol. The molecule has 1 atom stereocenters. The van der Waals surface area contributed by atoms with Gasteiger partial charge in [0.25, 0.3) is 6.47 Å². The van der Waals surface area contributed by atoms with E-state index in [2.05, 4.69) is 90.4 Å². The van der Waals surface area contributed by atoms with Crippen molar-refractivity contribution in [1.29, 1.82) is 0 Å². The number of hydrogen-bond donors (Lipinski definition) is 0. The number of hydrogen-bond acceptors (Lipinski definition) is 5. The minimum absolute atomic E-state index is 0.200. The molecule has 2 aromatic rings. The smallest absolute Gasteiger partial charge is 0.293 e. The van der Waals surface area contributed by atoms with Gasteiger partial charge in [0.05, 0.1) is 13.2 Å². The van der Waals surface area contributed by atoms with Gasteiger partial charge >= 0.3 is 0 Å². The van der Waals surface area contributed by atoms with E-state index in [1.807, 2.05) is 14.1 Å². The third-order valence-electron chi connectivity index (χ3n) is 6.67. The highest BCUT2D eigenvalue weighted by molar-refractivity contribution is 5.69. The quantitative estimate of drug-likeness (QED) is 0.347. The summed E-state index contributed by atoms with van der Waals surface area (Å²) in [5, 5.41) is 0. The van der Waals surface area contributed by atoms with Crippen LogP contribution in [0.1, 0.15) is 30.5 Å². The second-order valence-corrected chi connectivity index (χ2v) is 9.09. The summed E-state index contributed by atoms with van der Waals surface area (Å²) in [6.45, 7) is 6.95. The zero-order valence-electron chi connectivity index (χ0n) is 19.4. The molecule has 2 aliphatic rings. The van der Waals surface area contributed by atoms with Crippen molar-refractivity contribution in [2.45, 2.75) is 31.4 Å². The summed E-state index contributed by atoms with van der Waals surface area (Å²) in [7, 11) is 4.09. The highest BCUT2D eigenvalue weighted by Crippen LogP contribution is 2.55. The lowest BCUT2D eigenvalue weighted by Crippen LogP contribution is -2.51. The maximum atomic E-state index is 10.5. The lowest BCUT2D eigenvalue weighted by atomic mass is 9.77. The van der Waals surface area contributed by atoms with Crippen LogP contribution in [0.4, 0.5) is 11.4 Å². The van der Waals surface area contributed by atoms with Crippen LogP contribution in [0.2, 0.25) is 0 Å². The zero-order chi connectivity index (χ0) is 22.8. The van der Waals surface area contributed by atoms with Gasteiger partial charge in [-0.15, -0.1) is 0 Å². The average Bonchev–Trinajstić information content (AvgIpc) is 3.29. The van der Waals surface area contributed by atoms with Gasteiger partial charge in [-0.2, -0.15) is 0 Å². The molecular weight excluding hydrogens is 400 g/mol. The van der Waals surface area contributed by atoms with E-state index < -0.39 is 5.72 Å². The Balaban J connectivity index is 1.56. The summed E-state index contributed by atoms with van der Waals surface area (Å²) in [4.78, 5) is 14.9. The van der Waals surface area contributed by atoms with Gasteiger partial charge in [0, 0.05) is 43.9 Å². The SMILES string of the molecule is CN(C)c1ccc(/C=C/C=C/C23OCCN2c2cc(CCOC=O)ccc2C3(C)C)cc1. The third kappa shape index (κ3) is 3.82. The van der Waals surface area contributed by atoms with Crippen molar-refractivity contribution in [2.75, 3.05) is 43.7 Å². The lowest BCUT2D eigenvalue weighted by Gasteiger charge is -2.39. The molecule has 2 aromatic carbocycles. The molecule has 1 fully saturated rings. The number of benzene rings is 2. The van der Waals surface area contributed by atoms with E-state index in [1.165, 1.54) is 16.9 Å². The number of ether oxygens (including phenoxy) is 2. The van der Waals surface area contributed by atoms with Crippen LogP contribution in [0, 0.1) is 0 Å². The number of nitrogens with zero attached hydrogens (tertiary/aromatic N) is 2. The van der Waals surface area contributed by atoms with E-state index in [-0.39, 0.29) is 5.41 Å². The van der Waals surface area contributed by atoms with Crippen molar-refractivity contribution in [3.63, 3.8) is 0 Å². The third-order valence-corrected chi connectivity index (χ3v) is 6.67. The highest BCUT2D eigenvalue weighted by atomic mass is 16.5. The summed E-state index contributed by atoms with van der Waals surface area (Å²) in [5.41, 5.74) is 5.30. The maximum absolute atomic E-state index is 10.5. The van der Waals surface area contributed by atoms with Crippen molar-refractivity contribution in [3.05, 3.63) is 77.4 Å². The molecule has 5 nitrogen and oxygen atoms in total. The Labute approximate surface area is 190 Å². The molecule has 2 heterocycles. The second kappa shape index (κ2) is 8.83. The first-order chi connectivity index (χ1) is 15.4. The Morgan fingerprint density at radius 3 is 2.62 bits per heavy atom. The summed E-state index contributed by atoms with van der Waals surface area (Å²) >= 11 is 0. The van der Waals surface area contributed by atoms with E-state index in [0.29, 0.717) is 26.1 Å². The molecule has 32 heavy (non-hydrogen) atoms. The highest BCUT2D eigenvalue weighted by Gasteiger charge is 2.59. The van der Waals surface area contributed by atoms with Gasteiger partial charge < -0.3 is 19.3 Å². The fraction of sp³-hybridized carbons (Fsp3) is 0.370. The molecule has 0 radical (unpaired) electrons. The molecule has 0 N–H and O–H groups in total. The van der Waals surface area contributed by atoms with E-state index >= 15 is 0 Å².